The molecule has 2 atom stereocenters. The normalized spacial score (nSPS) is 13.9. The predicted octanol–water partition coefficient (Wildman–Crippen LogP) is 4.27. The zero-order chi connectivity index (χ0) is 18.8. The van der Waals surface area contributed by atoms with E-state index in [2.05, 4.69) is 30.4 Å². The fourth-order valence-corrected chi connectivity index (χ4v) is 2.75. The van der Waals surface area contributed by atoms with Gasteiger partial charge in [-0.05, 0) is 36.8 Å². The quantitative estimate of drug-likeness (QED) is 0.494. The summed E-state index contributed by atoms with van der Waals surface area (Å²) in [6.07, 6.45) is 2.08. The van der Waals surface area contributed by atoms with E-state index in [0.29, 0.717) is 13.2 Å². The van der Waals surface area contributed by atoms with Gasteiger partial charge in [0, 0.05) is 18.2 Å². The highest BCUT2D eigenvalue weighted by atomic mass is 16.5. The summed E-state index contributed by atoms with van der Waals surface area (Å²) in [6.45, 7) is 5.35. The van der Waals surface area contributed by atoms with Gasteiger partial charge in [0.05, 0.1) is 26.4 Å². The highest BCUT2D eigenvalue weighted by Gasteiger charge is 2.18. The molecule has 2 aromatic rings. The number of rotatable bonds is 10. The zero-order valence-electron chi connectivity index (χ0n) is 15.8. The van der Waals surface area contributed by atoms with Crippen LogP contribution in [0.3, 0.4) is 0 Å². The monoisotopic (exact) mass is 355 g/mol. The summed E-state index contributed by atoms with van der Waals surface area (Å²) >= 11 is 0. The second kappa shape index (κ2) is 10.6. The maximum Gasteiger partial charge on any atom is 0.119 e. The van der Waals surface area contributed by atoms with Gasteiger partial charge in [-0.15, -0.1) is 0 Å². The van der Waals surface area contributed by atoms with Crippen LogP contribution in [0.1, 0.15) is 19.4 Å². The Balaban J connectivity index is 1.95. The van der Waals surface area contributed by atoms with Crippen molar-refractivity contribution in [1.29, 1.82) is 0 Å². The number of methoxy groups -OCH3 is 1. The van der Waals surface area contributed by atoms with Gasteiger partial charge in [-0.3, -0.25) is 0 Å². The molecule has 0 fully saturated rings. The smallest absolute Gasteiger partial charge is 0.119 e. The van der Waals surface area contributed by atoms with Crippen LogP contribution in [0.2, 0.25) is 0 Å². The summed E-state index contributed by atoms with van der Waals surface area (Å²) in [7, 11) is 1.65. The molecule has 0 heterocycles. The maximum absolute atomic E-state index is 9.62. The van der Waals surface area contributed by atoms with Gasteiger partial charge in [-0.2, -0.15) is 0 Å². The topological polar surface area (TPSA) is 50.7 Å². The molecule has 2 rings (SSSR count). The largest absolute Gasteiger partial charge is 0.497 e. The number of ether oxygens (including phenoxy) is 2. The third-order valence-corrected chi connectivity index (χ3v) is 4.39. The molecular formula is C22H29NO3. The third-order valence-electron chi connectivity index (χ3n) is 4.39. The lowest BCUT2D eigenvalue weighted by Crippen LogP contribution is -2.31. The Morgan fingerprint density at radius 2 is 1.81 bits per heavy atom. The van der Waals surface area contributed by atoms with E-state index >= 15 is 0 Å². The fraction of sp³-hybridized carbons (Fsp3) is 0.364. The molecule has 0 aliphatic heterocycles. The number of aliphatic hydroxyl groups excluding tert-OH is 1. The summed E-state index contributed by atoms with van der Waals surface area (Å²) in [6, 6.07) is 18.0. The van der Waals surface area contributed by atoms with Crippen molar-refractivity contribution >= 4 is 5.69 Å². The Labute approximate surface area is 156 Å². The molecule has 4 heteroatoms. The molecule has 140 valence electrons. The summed E-state index contributed by atoms with van der Waals surface area (Å²) in [5.41, 5.74) is 3.31. The number of hydrogen-bond donors (Lipinski definition) is 2. The molecule has 2 aromatic carbocycles. The molecular weight excluding hydrogens is 326 g/mol. The molecule has 0 amide bonds. The first kappa shape index (κ1) is 20.0. The van der Waals surface area contributed by atoms with Crippen molar-refractivity contribution in [3.05, 3.63) is 71.8 Å². The molecule has 2 N–H and O–H groups in total. The predicted molar refractivity (Wildman–Crippen MR) is 107 cm³/mol. The fourth-order valence-electron chi connectivity index (χ4n) is 2.75. The standard InChI is InChI=1S/C22H29NO3/c1-17(13-14-26-16-19-7-5-4-6-8-19)22(18(2)15-24)23-20-9-11-21(25-3)12-10-20/h4-13,18,22-24H,14-16H2,1-3H3/b17-13+/t18-,22+/m0/s1. The minimum atomic E-state index is 0.0359. The van der Waals surface area contributed by atoms with E-state index in [0.717, 1.165) is 22.6 Å². The van der Waals surface area contributed by atoms with Crippen molar-refractivity contribution in [2.75, 3.05) is 25.6 Å². The van der Waals surface area contributed by atoms with E-state index in [-0.39, 0.29) is 18.6 Å². The lowest BCUT2D eigenvalue weighted by molar-refractivity contribution is 0.148. The van der Waals surface area contributed by atoms with Crippen molar-refractivity contribution in [2.45, 2.75) is 26.5 Å². The van der Waals surface area contributed by atoms with E-state index < -0.39 is 0 Å². The van der Waals surface area contributed by atoms with E-state index in [1.54, 1.807) is 7.11 Å². The van der Waals surface area contributed by atoms with Crippen LogP contribution in [0.5, 0.6) is 5.75 Å². The number of aliphatic hydroxyl groups is 1. The average molecular weight is 355 g/mol. The van der Waals surface area contributed by atoms with Crippen LogP contribution in [0.4, 0.5) is 5.69 Å². The van der Waals surface area contributed by atoms with Crippen molar-refractivity contribution < 1.29 is 14.6 Å². The second-order valence-corrected chi connectivity index (χ2v) is 6.46. The minimum Gasteiger partial charge on any atom is -0.497 e. The molecule has 0 aliphatic rings. The van der Waals surface area contributed by atoms with Gasteiger partial charge in [0.1, 0.15) is 5.75 Å². The Hall–Kier alpha value is -2.30. The summed E-state index contributed by atoms with van der Waals surface area (Å²) in [5.74, 6) is 0.909. The van der Waals surface area contributed by atoms with Crippen LogP contribution in [-0.2, 0) is 11.3 Å². The molecule has 0 spiro atoms. The number of benzene rings is 2. The molecule has 0 radical (unpaired) electrons. The van der Waals surface area contributed by atoms with Crippen molar-refractivity contribution in [1.82, 2.24) is 0 Å². The van der Waals surface area contributed by atoms with E-state index in [9.17, 15) is 5.11 Å². The van der Waals surface area contributed by atoms with Crippen LogP contribution in [0, 0.1) is 5.92 Å². The highest BCUT2D eigenvalue weighted by molar-refractivity contribution is 5.48. The first-order valence-corrected chi connectivity index (χ1v) is 8.93. The molecule has 0 unspecified atom stereocenters. The lowest BCUT2D eigenvalue weighted by atomic mass is 9.95. The second-order valence-electron chi connectivity index (χ2n) is 6.46. The van der Waals surface area contributed by atoms with Crippen molar-refractivity contribution in [3.8, 4) is 5.75 Å². The molecule has 0 aromatic heterocycles. The first-order valence-electron chi connectivity index (χ1n) is 8.93. The van der Waals surface area contributed by atoms with Crippen LogP contribution in [0.15, 0.2) is 66.2 Å². The van der Waals surface area contributed by atoms with Gasteiger partial charge < -0.3 is 19.9 Å². The molecule has 4 nitrogen and oxygen atoms in total. The molecule has 0 saturated heterocycles. The van der Waals surface area contributed by atoms with Gasteiger partial charge in [0.15, 0.2) is 0 Å². The Morgan fingerprint density at radius 3 is 2.42 bits per heavy atom. The van der Waals surface area contributed by atoms with Gasteiger partial charge in [-0.1, -0.05) is 48.9 Å². The summed E-state index contributed by atoms with van der Waals surface area (Å²) < 4.78 is 10.9. The minimum absolute atomic E-state index is 0.0359. The van der Waals surface area contributed by atoms with E-state index in [1.165, 1.54) is 0 Å². The summed E-state index contributed by atoms with van der Waals surface area (Å²) in [5, 5.41) is 13.1. The lowest BCUT2D eigenvalue weighted by Gasteiger charge is -2.26. The maximum atomic E-state index is 9.62. The molecule has 0 saturated carbocycles. The van der Waals surface area contributed by atoms with Crippen LogP contribution in [-0.4, -0.2) is 31.5 Å². The zero-order valence-corrected chi connectivity index (χ0v) is 15.8. The van der Waals surface area contributed by atoms with Crippen LogP contribution >= 0.6 is 0 Å². The Kier molecular flexibility index (Phi) is 8.19. The molecule has 0 aliphatic carbocycles. The number of anilines is 1. The van der Waals surface area contributed by atoms with Gasteiger partial charge >= 0.3 is 0 Å². The SMILES string of the molecule is COc1ccc(N[C@H](/C(C)=C/COCc2ccccc2)[C@@H](C)CO)cc1. The Bertz CT molecular complexity index is 668. The number of nitrogens with one attached hydrogen (secondary N) is 1. The van der Waals surface area contributed by atoms with Crippen molar-refractivity contribution in [3.63, 3.8) is 0 Å². The van der Waals surface area contributed by atoms with Gasteiger partial charge in [-0.25, -0.2) is 0 Å². The van der Waals surface area contributed by atoms with Crippen LogP contribution in [0.25, 0.3) is 0 Å². The highest BCUT2D eigenvalue weighted by Crippen LogP contribution is 2.21. The van der Waals surface area contributed by atoms with E-state index in [1.807, 2.05) is 49.4 Å². The average Bonchev–Trinajstić information content (AvgIpc) is 2.70. The summed E-state index contributed by atoms with van der Waals surface area (Å²) in [4.78, 5) is 0. The van der Waals surface area contributed by atoms with Crippen LogP contribution < -0.4 is 10.1 Å². The number of hydrogen-bond acceptors (Lipinski definition) is 4. The third kappa shape index (κ3) is 6.21. The molecule has 0 bridgehead atoms. The van der Waals surface area contributed by atoms with Gasteiger partial charge in [0.25, 0.3) is 0 Å². The molecule has 26 heavy (non-hydrogen) atoms. The first-order chi connectivity index (χ1) is 12.6. The Morgan fingerprint density at radius 1 is 1.12 bits per heavy atom. The van der Waals surface area contributed by atoms with Gasteiger partial charge in [0.2, 0.25) is 0 Å². The van der Waals surface area contributed by atoms with E-state index in [4.69, 9.17) is 9.47 Å². The van der Waals surface area contributed by atoms with Crippen molar-refractivity contribution in [2.24, 2.45) is 5.92 Å².